The van der Waals surface area contributed by atoms with Gasteiger partial charge >= 0.3 is 0 Å². The first-order valence-electron chi connectivity index (χ1n) is 9.98. The summed E-state index contributed by atoms with van der Waals surface area (Å²) in [5.74, 6) is -0.523. The highest BCUT2D eigenvalue weighted by atomic mass is 16.3. The number of hydrogen-bond donors (Lipinski definition) is 2. The SMILES string of the molecule is Cc1ccc([C@H](NC(=O)c2ccccc2NC(=O)c2ccco2)c2ccccc2)cc1. The number of aryl methyl sites for hydroxylation is 1. The lowest BCUT2D eigenvalue weighted by Gasteiger charge is -2.21. The molecule has 2 amide bonds. The lowest BCUT2D eigenvalue weighted by molar-refractivity contribution is 0.0944. The average Bonchev–Trinajstić information content (AvgIpc) is 3.34. The molecule has 4 aromatic rings. The lowest BCUT2D eigenvalue weighted by Crippen LogP contribution is -2.30. The molecule has 31 heavy (non-hydrogen) atoms. The number of amides is 2. The second-order valence-electron chi connectivity index (χ2n) is 7.20. The highest BCUT2D eigenvalue weighted by Crippen LogP contribution is 2.24. The summed E-state index contributed by atoms with van der Waals surface area (Å²) in [6.07, 6.45) is 1.43. The minimum Gasteiger partial charge on any atom is -0.459 e. The molecule has 0 radical (unpaired) electrons. The van der Waals surface area contributed by atoms with E-state index >= 15 is 0 Å². The van der Waals surface area contributed by atoms with E-state index in [0.717, 1.165) is 16.7 Å². The summed E-state index contributed by atoms with van der Waals surface area (Å²) >= 11 is 0. The molecule has 0 aliphatic heterocycles. The van der Waals surface area contributed by atoms with Crippen molar-refractivity contribution in [2.75, 3.05) is 5.32 Å². The molecule has 5 heteroatoms. The van der Waals surface area contributed by atoms with Gasteiger partial charge < -0.3 is 15.1 Å². The van der Waals surface area contributed by atoms with Gasteiger partial charge in [-0.05, 0) is 42.3 Å². The van der Waals surface area contributed by atoms with Gasteiger partial charge in [-0.3, -0.25) is 9.59 Å². The Morgan fingerprint density at radius 2 is 1.42 bits per heavy atom. The van der Waals surface area contributed by atoms with Gasteiger partial charge in [0.25, 0.3) is 11.8 Å². The minimum absolute atomic E-state index is 0.178. The zero-order valence-electron chi connectivity index (χ0n) is 17.0. The van der Waals surface area contributed by atoms with E-state index in [9.17, 15) is 9.59 Å². The summed E-state index contributed by atoms with van der Waals surface area (Å²) in [5.41, 5.74) is 3.87. The van der Waals surface area contributed by atoms with Crippen LogP contribution in [0.1, 0.15) is 43.6 Å². The number of carbonyl (C=O) groups excluding carboxylic acids is 2. The van der Waals surface area contributed by atoms with Crippen LogP contribution in [-0.4, -0.2) is 11.8 Å². The van der Waals surface area contributed by atoms with Crippen LogP contribution in [0.15, 0.2) is 102 Å². The predicted molar refractivity (Wildman–Crippen MR) is 120 cm³/mol. The Balaban J connectivity index is 1.62. The zero-order valence-corrected chi connectivity index (χ0v) is 17.0. The van der Waals surface area contributed by atoms with Crippen molar-refractivity contribution in [3.8, 4) is 0 Å². The summed E-state index contributed by atoms with van der Waals surface area (Å²) in [5, 5.41) is 5.88. The molecule has 1 aromatic heterocycles. The van der Waals surface area contributed by atoms with Crippen LogP contribution in [0, 0.1) is 6.92 Å². The summed E-state index contributed by atoms with van der Waals surface area (Å²) in [7, 11) is 0. The van der Waals surface area contributed by atoms with Crippen LogP contribution in [0.25, 0.3) is 0 Å². The number of furan rings is 1. The Morgan fingerprint density at radius 1 is 0.742 bits per heavy atom. The Bertz CT molecular complexity index is 1170. The van der Waals surface area contributed by atoms with Crippen LogP contribution in [0.5, 0.6) is 0 Å². The second-order valence-corrected chi connectivity index (χ2v) is 7.20. The van der Waals surface area contributed by atoms with E-state index in [2.05, 4.69) is 10.6 Å². The molecule has 2 N–H and O–H groups in total. The molecule has 0 aliphatic rings. The van der Waals surface area contributed by atoms with Gasteiger partial charge in [0.15, 0.2) is 5.76 Å². The van der Waals surface area contributed by atoms with E-state index in [1.54, 1.807) is 36.4 Å². The van der Waals surface area contributed by atoms with Crippen LogP contribution in [-0.2, 0) is 0 Å². The topological polar surface area (TPSA) is 71.3 Å². The fourth-order valence-corrected chi connectivity index (χ4v) is 3.35. The molecular formula is C26H22N2O3. The Labute approximate surface area is 180 Å². The maximum Gasteiger partial charge on any atom is 0.291 e. The molecule has 1 atom stereocenters. The number of nitrogens with one attached hydrogen (secondary N) is 2. The standard InChI is InChI=1S/C26H22N2O3/c1-18-13-15-20(16-14-18)24(19-8-3-2-4-9-19)28-25(29)21-10-5-6-11-22(21)27-26(30)23-12-7-17-31-23/h2-17,24H,1H3,(H,27,30)(H,28,29)/t24-/m1/s1. The van der Waals surface area contributed by atoms with Crippen molar-refractivity contribution in [2.45, 2.75) is 13.0 Å². The molecule has 0 aliphatic carbocycles. The molecule has 0 saturated carbocycles. The maximum absolute atomic E-state index is 13.3. The molecule has 0 fully saturated rings. The van der Waals surface area contributed by atoms with Crippen molar-refractivity contribution in [3.05, 3.63) is 125 Å². The molecule has 1 heterocycles. The van der Waals surface area contributed by atoms with Gasteiger partial charge in [0.2, 0.25) is 0 Å². The molecule has 4 rings (SSSR count). The molecule has 0 spiro atoms. The largest absolute Gasteiger partial charge is 0.459 e. The van der Waals surface area contributed by atoms with E-state index in [1.165, 1.54) is 6.26 Å². The van der Waals surface area contributed by atoms with Crippen LogP contribution in [0.3, 0.4) is 0 Å². The smallest absolute Gasteiger partial charge is 0.291 e. The maximum atomic E-state index is 13.3. The average molecular weight is 410 g/mol. The fourth-order valence-electron chi connectivity index (χ4n) is 3.35. The highest BCUT2D eigenvalue weighted by Gasteiger charge is 2.20. The summed E-state index contributed by atoms with van der Waals surface area (Å²) in [6.45, 7) is 2.03. The molecule has 0 saturated heterocycles. The van der Waals surface area contributed by atoms with Gasteiger partial charge in [0, 0.05) is 0 Å². The third-order valence-corrected chi connectivity index (χ3v) is 4.98. The van der Waals surface area contributed by atoms with Crippen LogP contribution in [0.4, 0.5) is 5.69 Å². The van der Waals surface area contributed by atoms with Gasteiger partial charge in [-0.1, -0.05) is 72.3 Å². The number of anilines is 1. The van der Waals surface area contributed by atoms with Gasteiger partial charge in [-0.2, -0.15) is 0 Å². The third-order valence-electron chi connectivity index (χ3n) is 4.98. The molecule has 0 unspecified atom stereocenters. The summed E-state index contributed by atoms with van der Waals surface area (Å²) < 4.78 is 5.15. The normalized spacial score (nSPS) is 11.5. The summed E-state index contributed by atoms with van der Waals surface area (Å²) in [4.78, 5) is 25.7. The van der Waals surface area contributed by atoms with E-state index in [1.807, 2.05) is 61.5 Å². The monoisotopic (exact) mass is 410 g/mol. The molecule has 154 valence electrons. The molecule has 5 nitrogen and oxygen atoms in total. The van der Waals surface area contributed by atoms with Crippen molar-refractivity contribution in [1.82, 2.24) is 5.32 Å². The van der Waals surface area contributed by atoms with E-state index in [-0.39, 0.29) is 17.7 Å². The first-order valence-corrected chi connectivity index (χ1v) is 9.98. The van der Waals surface area contributed by atoms with Crippen LogP contribution in [0.2, 0.25) is 0 Å². The minimum atomic E-state index is -0.414. The lowest BCUT2D eigenvalue weighted by atomic mass is 9.97. The Kier molecular flexibility index (Phi) is 5.94. The van der Waals surface area contributed by atoms with Crippen molar-refractivity contribution < 1.29 is 14.0 Å². The Morgan fingerprint density at radius 3 is 2.13 bits per heavy atom. The van der Waals surface area contributed by atoms with Crippen molar-refractivity contribution in [2.24, 2.45) is 0 Å². The highest BCUT2D eigenvalue weighted by molar-refractivity contribution is 6.08. The van der Waals surface area contributed by atoms with Gasteiger partial charge in [-0.15, -0.1) is 0 Å². The van der Waals surface area contributed by atoms with E-state index in [0.29, 0.717) is 11.3 Å². The van der Waals surface area contributed by atoms with Crippen molar-refractivity contribution in [3.63, 3.8) is 0 Å². The van der Waals surface area contributed by atoms with Crippen molar-refractivity contribution >= 4 is 17.5 Å². The number of hydrogen-bond acceptors (Lipinski definition) is 3. The first-order chi connectivity index (χ1) is 15.1. The van der Waals surface area contributed by atoms with E-state index < -0.39 is 5.91 Å². The molecule has 3 aromatic carbocycles. The van der Waals surface area contributed by atoms with E-state index in [4.69, 9.17) is 4.42 Å². The molecular weight excluding hydrogens is 388 g/mol. The van der Waals surface area contributed by atoms with Gasteiger partial charge in [0.05, 0.1) is 23.6 Å². The Hall–Kier alpha value is -4.12. The summed E-state index contributed by atoms with van der Waals surface area (Å²) in [6, 6.07) is 27.7. The first kappa shape index (κ1) is 20.2. The predicted octanol–water partition coefficient (Wildman–Crippen LogP) is 5.36. The number of para-hydroxylation sites is 1. The molecule has 0 bridgehead atoms. The van der Waals surface area contributed by atoms with Gasteiger partial charge in [0.1, 0.15) is 0 Å². The van der Waals surface area contributed by atoms with Crippen LogP contribution < -0.4 is 10.6 Å². The number of rotatable bonds is 6. The number of carbonyl (C=O) groups is 2. The van der Waals surface area contributed by atoms with Gasteiger partial charge in [-0.25, -0.2) is 0 Å². The fraction of sp³-hybridized carbons (Fsp3) is 0.0769. The number of benzene rings is 3. The zero-order chi connectivity index (χ0) is 21.6. The van der Waals surface area contributed by atoms with Crippen LogP contribution >= 0.6 is 0 Å². The second kappa shape index (κ2) is 9.13. The van der Waals surface area contributed by atoms with Crippen molar-refractivity contribution in [1.29, 1.82) is 0 Å². The third kappa shape index (κ3) is 4.73. The quantitative estimate of drug-likeness (QED) is 0.449.